The Kier molecular flexibility index (Phi) is 2.01. The summed E-state index contributed by atoms with van der Waals surface area (Å²) in [4.78, 5) is 1.46. The summed E-state index contributed by atoms with van der Waals surface area (Å²) in [5, 5.41) is 11.3. The first-order valence-electron chi connectivity index (χ1n) is 3.92. The lowest BCUT2D eigenvalue weighted by atomic mass is 10.2. The standard InChI is InChI=1S/C8H9N5/c9-5-7-2-1-3-8(4-7)13-11-6-10-12-13/h1-4,6H,5,9H2. The Bertz CT molecular complexity index is 381. The zero-order valence-corrected chi connectivity index (χ0v) is 6.96. The average Bonchev–Trinajstić information content (AvgIpc) is 2.71. The summed E-state index contributed by atoms with van der Waals surface area (Å²) < 4.78 is 0. The Balaban J connectivity index is 2.41. The van der Waals surface area contributed by atoms with E-state index in [4.69, 9.17) is 5.73 Å². The number of benzene rings is 1. The fraction of sp³-hybridized carbons (Fsp3) is 0.125. The molecule has 1 heterocycles. The van der Waals surface area contributed by atoms with Crippen LogP contribution in [0.15, 0.2) is 30.6 Å². The molecule has 0 radical (unpaired) electrons. The van der Waals surface area contributed by atoms with Gasteiger partial charge >= 0.3 is 0 Å². The lowest BCUT2D eigenvalue weighted by Crippen LogP contribution is -2.01. The summed E-state index contributed by atoms with van der Waals surface area (Å²) >= 11 is 0. The van der Waals surface area contributed by atoms with E-state index in [-0.39, 0.29) is 0 Å². The first-order chi connectivity index (χ1) is 6.40. The second-order valence-corrected chi connectivity index (χ2v) is 2.60. The highest BCUT2D eigenvalue weighted by Gasteiger charge is 1.98. The fourth-order valence-electron chi connectivity index (χ4n) is 1.09. The first kappa shape index (κ1) is 7.88. The molecule has 0 fully saturated rings. The minimum Gasteiger partial charge on any atom is -0.326 e. The third-order valence-electron chi connectivity index (χ3n) is 1.73. The maximum Gasteiger partial charge on any atom is 0.162 e. The molecule has 0 bridgehead atoms. The van der Waals surface area contributed by atoms with Gasteiger partial charge in [-0.3, -0.25) is 0 Å². The molecular formula is C8H9N5. The zero-order valence-electron chi connectivity index (χ0n) is 6.96. The van der Waals surface area contributed by atoms with E-state index in [1.54, 1.807) is 0 Å². The normalized spacial score (nSPS) is 10.2. The lowest BCUT2D eigenvalue weighted by molar-refractivity contribution is 0.718. The van der Waals surface area contributed by atoms with E-state index in [0.717, 1.165) is 11.3 Å². The van der Waals surface area contributed by atoms with Crippen molar-refractivity contribution in [2.24, 2.45) is 5.73 Å². The molecule has 0 unspecified atom stereocenters. The van der Waals surface area contributed by atoms with E-state index in [1.807, 2.05) is 24.3 Å². The Hall–Kier alpha value is -1.75. The van der Waals surface area contributed by atoms with E-state index in [1.165, 1.54) is 11.1 Å². The van der Waals surface area contributed by atoms with Crippen LogP contribution in [0.25, 0.3) is 5.69 Å². The predicted molar refractivity (Wildman–Crippen MR) is 47.0 cm³/mol. The van der Waals surface area contributed by atoms with Crippen molar-refractivity contribution in [1.82, 2.24) is 20.2 Å². The second kappa shape index (κ2) is 3.32. The van der Waals surface area contributed by atoms with Crippen molar-refractivity contribution in [3.8, 4) is 5.69 Å². The molecule has 0 atom stereocenters. The molecule has 0 aliphatic rings. The van der Waals surface area contributed by atoms with Gasteiger partial charge in [0.2, 0.25) is 0 Å². The van der Waals surface area contributed by atoms with Crippen LogP contribution in [-0.4, -0.2) is 20.2 Å². The van der Waals surface area contributed by atoms with Crippen molar-refractivity contribution in [3.05, 3.63) is 36.2 Å². The van der Waals surface area contributed by atoms with Gasteiger partial charge in [-0.2, -0.15) is 0 Å². The van der Waals surface area contributed by atoms with Crippen molar-refractivity contribution in [3.63, 3.8) is 0 Å². The minimum atomic E-state index is 0.516. The van der Waals surface area contributed by atoms with E-state index in [0.29, 0.717) is 6.54 Å². The molecular weight excluding hydrogens is 166 g/mol. The second-order valence-electron chi connectivity index (χ2n) is 2.60. The Labute approximate surface area is 75.2 Å². The molecule has 0 amide bonds. The molecule has 0 aliphatic heterocycles. The van der Waals surface area contributed by atoms with Crippen molar-refractivity contribution in [1.29, 1.82) is 0 Å². The van der Waals surface area contributed by atoms with E-state index in [2.05, 4.69) is 15.4 Å². The number of nitrogens with two attached hydrogens (primary N) is 1. The van der Waals surface area contributed by atoms with Gasteiger partial charge in [-0.05, 0) is 22.9 Å². The predicted octanol–water partition coefficient (Wildman–Crippen LogP) is 0.121. The highest BCUT2D eigenvalue weighted by molar-refractivity contribution is 5.33. The number of aromatic nitrogens is 4. The number of hydrogen-bond acceptors (Lipinski definition) is 4. The number of tetrazole rings is 1. The molecule has 1 aromatic carbocycles. The molecule has 1 aromatic heterocycles. The topological polar surface area (TPSA) is 69.6 Å². The summed E-state index contributed by atoms with van der Waals surface area (Å²) in [6.45, 7) is 0.516. The summed E-state index contributed by atoms with van der Waals surface area (Å²) in [6, 6.07) is 7.71. The van der Waals surface area contributed by atoms with Gasteiger partial charge in [-0.25, -0.2) is 0 Å². The average molecular weight is 175 g/mol. The van der Waals surface area contributed by atoms with Gasteiger partial charge in [0.25, 0.3) is 0 Å². The van der Waals surface area contributed by atoms with E-state index >= 15 is 0 Å². The highest BCUT2D eigenvalue weighted by Crippen LogP contribution is 2.06. The van der Waals surface area contributed by atoms with Crippen LogP contribution >= 0.6 is 0 Å². The van der Waals surface area contributed by atoms with Gasteiger partial charge in [0.05, 0.1) is 5.69 Å². The van der Waals surface area contributed by atoms with Gasteiger partial charge in [-0.1, -0.05) is 12.1 Å². The van der Waals surface area contributed by atoms with Gasteiger partial charge < -0.3 is 5.73 Å². The van der Waals surface area contributed by atoms with Crippen LogP contribution in [0.3, 0.4) is 0 Å². The van der Waals surface area contributed by atoms with Crippen LogP contribution in [0.5, 0.6) is 0 Å². The largest absolute Gasteiger partial charge is 0.326 e. The number of nitrogens with zero attached hydrogens (tertiary/aromatic N) is 4. The molecule has 0 saturated heterocycles. The first-order valence-corrected chi connectivity index (χ1v) is 3.92. The van der Waals surface area contributed by atoms with Gasteiger partial charge in [0.15, 0.2) is 6.33 Å². The quantitative estimate of drug-likeness (QED) is 0.703. The third-order valence-corrected chi connectivity index (χ3v) is 1.73. The van der Waals surface area contributed by atoms with Crippen molar-refractivity contribution >= 4 is 0 Å². The van der Waals surface area contributed by atoms with Crippen molar-refractivity contribution < 1.29 is 0 Å². The lowest BCUT2D eigenvalue weighted by Gasteiger charge is -2.00. The summed E-state index contributed by atoms with van der Waals surface area (Å²) in [7, 11) is 0. The van der Waals surface area contributed by atoms with Crippen LogP contribution < -0.4 is 5.73 Å². The van der Waals surface area contributed by atoms with Crippen LogP contribution in [0.2, 0.25) is 0 Å². The summed E-state index contributed by atoms with van der Waals surface area (Å²) in [5.41, 5.74) is 7.43. The smallest absolute Gasteiger partial charge is 0.162 e. The molecule has 5 heteroatoms. The van der Waals surface area contributed by atoms with Gasteiger partial charge in [0, 0.05) is 6.54 Å². The molecule has 66 valence electrons. The SMILES string of the molecule is NCc1cccc(-n2ncnn2)c1. The van der Waals surface area contributed by atoms with Crippen LogP contribution in [0.1, 0.15) is 5.56 Å². The number of hydrogen-bond donors (Lipinski definition) is 1. The fourth-order valence-corrected chi connectivity index (χ4v) is 1.09. The van der Waals surface area contributed by atoms with Crippen LogP contribution in [0.4, 0.5) is 0 Å². The van der Waals surface area contributed by atoms with Crippen molar-refractivity contribution in [2.45, 2.75) is 6.54 Å². The van der Waals surface area contributed by atoms with E-state index < -0.39 is 0 Å². The highest BCUT2D eigenvalue weighted by atomic mass is 15.6. The van der Waals surface area contributed by atoms with Crippen LogP contribution in [0, 0.1) is 0 Å². The maximum atomic E-state index is 5.51. The molecule has 0 spiro atoms. The zero-order chi connectivity index (χ0) is 9.10. The Morgan fingerprint density at radius 3 is 3.00 bits per heavy atom. The Morgan fingerprint density at radius 1 is 1.38 bits per heavy atom. The maximum absolute atomic E-state index is 5.51. The molecule has 0 aliphatic carbocycles. The molecule has 2 rings (SSSR count). The molecule has 13 heavy (non-hydrogen) atoms. The summed E-state index contributed by atoms with van der Waals surface area (Å²) in [6.07, 6.45) is 1.40. The third kappa shape index (κ3) is 1.54. The van der Waals surface area contributed by atoms with E-state index in [9.17, 15) is 0 Å². The van der Waals surface area contributed by atoms with Gasteiger partial charge in [-0.15, -0.1) is 15.0 Å². The van der Waals surface area contributed by atoms with Gasteiger partial charge in [0.1, 0.15) is 0 Å². The number of rotatable bonds is 2. The molecule has 2 aromatic rings. The molecule has 5 nitrogen and oxygen atoms in total. The minimum absolute atomic E-state index is 0.516. The molecule has 0 saturated carbocycles. The Morgan fingerprint density at radius 2 is 2.31 bits per heavy atom. The summed E-state index contributed by atoms with van der Waals surface area (Å²) in [5.74, 6) is 0. The van der Waals surface area contributed by atoms with Crippen molar-refractivity contribution in [2.75, 3.05) is 0 Å². The van der Waals surface area contributed by atoms with Crippen LogP contribution in [-0.2, 0) is 6.54 Å². The monoisotopic (exact) mass is 175 g/mol. The molecule has 2 N–H and O–H groups in total.